The summed E-state index contributed by atoms with van der Waals surface area (Å²) in [6, 6.07) is 7.13. The van der Waals surface area contributed by atoms with E-state index in [1.165, 1.54) is 0 Å². The lowest BCUT2D eigenvalue weighted by Crippen LogP contribution is -2.42. The Hall–Kier alpha value is -3.66. The Morgan fingerprint density at radius 3 is 2.76 bits per heavy atom. The third-order valence-corrected chi connectivity index (χ3v) is 7.13. The molecule has 194 valence electrons. The molecule has 1 atom stereocenters. The summed E-state index contributed by atoms with van der Waals surface area (Å²) in [5, 5.41) is 21.8. The van der Waals surface area contributed by atoms with Crippen LogP contribution in [0.2, 0.25) is 0 Å². The van der Waals surface area contributed by atoms with Gasteiger partial charge in [0.05, 0.1) is 0 Å². The van der Waals surface area contributed by atoms with Crippen LogP contribution in [0.3, 0.4) is 0 Å². The van der Waals surface area contributed by atoms with Crippen LogP contribution in [-0.4, -0.2) is 59.2 Å². The zero-order chi connectivity index (χ0) is 26.3. The lowest BCUT2D eigenvalue weighted by Gasteiger charge is -2.30. The van der Waals surface area contributed by atoms with Gasteiger partial charge in [-0.1, -0.05) is 19.9 Å². The van der Waals surface area contributed by atoms with Crippen LogP contribution in [0.4, 0.5) is 5.82 Å². The topological polar surface area (TPSA) is 126 Å². The van der Waals surface area contributed by atoms with Crippen molar-refractivity contribution < 1.29 is 14.7 Å². The van der Waals surface area contributed by atoms with Crippen LogP contribution in [0, 0.1) is 5.92 Å². The monoisotopic (exact) mass is 503 g/mol. The van der Waals surface area contributed by atoms with Crippen LogP contribution in [0.1, 0.15) is 68.0 Å². The molecule has 0 bridgehead atoms. The van der Waals surface area contributed by atoms with Gasteiger partial charge in [0.15, 0.2) is 5.82 Å². The number of aromatic nitrogens is 5. The molecule has 0 aliphatic carbocycles. The second kappa shape index (κ2) is 9.66. The zero-order valence-corrected chi connectivity index (χ0v) is 21.7. The molecule has 0 fully saturated rings. The average molecular weight is 504 g/mol. The van der Waals surface area contributed by atoms with E-state index in [2.05, 4.69) is 43.9 Å². The SMILES string of the molecule is CC(C)C[C@H](O)C(=O)N1CCc2cnc(C(=O)Nc3cccc(-c4nnc5n4C(C)(C)CC5)n3)cc2C1. The first-order valence-electron chi connectivity index (χ1n) is 12.8. The molecular formula is C27H33N7O3. The maximum absolute atomic E-state index is 13.1. The van der Waals surface area contributed by atoms with Crippen molar-refractivity contribution in [3.05, 3.63) is 53.1 Å². The van der Waals surface area contributed by atoms with Crippen LogP contribution < -0.4 is 5.32 Å². The molecule has 2 aliphatic heterocycles. The van der Waals surface area contributed by atoms with Gasteiger partial charge < -0.3 is 19.9 Å². The first-order chi connectivity index (χ1) is 17.6. The summed E-state index contributed by atoms with van der Waals surface area (Å²) >= 11 is 0. The van der Waals surface area contributed by atoms with Crippen molar-refractivity contribution >= 4 is 17.6 Å². The number of amides is 2. The molecule has 0 saturated carbocycles. The number of nitrogens with one attached hydrogen (secondary N) is 1. The minimum Gasteiger partial charge on any atom is -0.383 e. The number of pyridine rings is 2. The van der Waals surface area contributed by atoms with E-state index in [-0.39, 0.29) is 29.0 Å². The maximum Gasteiger partial charge on any atom is 0.275 e. The van der Waals surface area contributed by atoms with Crippen LogP contribution in [0.15, 0.2) is 30.5 Å². The van der Waals surface area contributed by atoms with Crippen molar-refractivity contribution in [2.24, 2.45) is 5.92 Å². The number of fused-ring (bicyclic) bond motifs is 2. The largest absolute Gasteiger partial charge is 0.383 e. The fourth-order valence-electron chi connectivity index (χ4n) is 5.13. The van der Waals surface area contributed by atoms with E-state index in [4.69, 9.17) is 0 Å². The molecule has 0 spiro atoms. The summed E-state index contributed by atoms with van der Waals surface area (Å²) in [5.74, 6) is 1.58. The highest BCUT2D eigenvalue weighted by atomic mass is 16.3. The first-order valence-corrected chi connectivity index (χ1v) is 12.8. The van der Waals surface area contributed by atoms with Gasteiger partial charge in [-0.3, -0.25) is 14.6 Å². The van der Waals surface area contributed by atoms with Crippen molar-refractivity contribution in [3.63, 3.8) is 0 Å². The van der Waals surface area contributed by atoms with Gasteiger partial charge >= 0.3 is 0 Å². The third kappa shape index (κ3) is 4.98. The molecule has 0 aromatic carbocycles. The molecule has 3 aromatic heterocycles. The number of carbonyl (C=O) groups excluding carboxylic acids is 2. The molecular weight excluding hydrogens is 470 g/mol. The van der Waals surface area contributed by atoms with Gasteiger partial charge in [-0.15, -0.1) is 10.2 Å². The van der Waals surface area contributed by atoms with Gasteiger partial charge in [-0.05, 0) is 68.4 Å². The smallest absolute Gasteiger partial charge is 0.275 e. The lowest BCUT2D eigenvalue weighted by molar-refractivity contribution is -0.141. The Morgan fingerprint density at radius 1 is 1.16 bits per heavy atom. The van der Waals surface area contributed by atoms with Crippen LogP contribution in [-0.2, 0) is 29.7 Å². The van der Waals surface area contributed by atoms with E-state index in [0.717, 1.165) is 29.8 Å². The van der Waals surface area contributed by atoms with Gasteiger partial charge in [-0.2, -0.15) is 0 Å². The van der Waals surface area contributed by atoms with Gasteiger partial charge in [0, 0.05) is 31.2 Å². The lowest BCUT2D eigenvalue weighted by atomic mass is 9.99. The van der Waals surface area contributed by atoms with Crippen LogP contribution in [0.25, 0.3) is 11.5 Å². The van der Waals surface area contributed by atoms with E-state index in [1.807, 2.05) is 26.0 Å². The quantitative estimate of drug-likeness (QED) is 0.530. The molecule has 2 N–H and O–H groups in total. The van der Waals surface area contributed by atoms with E-state index in [1.54, 1.807) is 23.2 Å². The zero-order valence-electron chi connectivity index (χ0n) is 21.7. The Morgan fingerprint density at radius 2 is 1.97 bits per heavy atom. The molecule has 5 rings (SSSR count). The number of rotatable bonds is 6. The van der Waals surface area contributed by atoms with E-state index in [9.17, 15) is 14.7 Å². The number of aliphatic hydroxyl groups is 1. The summed E-state index contributed by atoms with van der Waals surface area (Å²) in [6.07, 6.45) is 3.61. The highest BCUT2D eigenvalue weighted by molar-refractivity contribution is 6.02. The summed E-state index contributed by atoms with van der Waals surface area (Å²) in [7, 11) is 0. The molecule has 5 heterocycles. The van der Waals surface area contributed by atoms with Crippen molar-refractivity contribution in [2.75, 3.05) is 11.9 Å². The second-order valence-electron chi connectivity index (χ2n) is 10.9. The fraction of sp³-hybridized carbons (Fsp3) is 0.481. The van der Waals surface area contributed by atoms with Gasteiger partial charge in [0.25, 0.3) is 11.8 Å². The summed E-state index contributed by atoms with van der Waals surface area (Å²) in [4.78, 5) is 36.4. The molecule has 2 amide bonds. The average Bonchev–Trinajstić information content (AvgIpc) is 3.43. The molecule has 0 radical (unpaired) electrons. The van der Waals surface area contributed by atoms with Crippen LogP contribution in [0.5, 0.6) is 0 Å². The predicted octanol–water partition coefficient (Wildman–Crippen LogP) is 2.96. The van der Waals surface area contributed by atoms with Crippen molar-refractivity contribution in [3.8, 4) is 11.5 Å². The molecule has 37 heavy (non-hydrogen) atoms. The highest BCUT2D eigenvalue weighted by Crippen LogP contribution is 2.35. The predicted molar refractivity (Wildman–Crippen MR) is 138 cm³/mol. The molecule has 0 unspecified atom stereocenters. The number of hydrogen-bond donors (Lipinski definition) is 2. The van der Waals surface area contributed by atoms with Crippen LogP contribution >= 0.6 is 0 Å². The second-order valence-corrected chi connectivity index (χ2v) is 10.9. The van der Waals surface area contributed by atoms with E-state index >= 15 is 0 Å². The van der Waals surface area contributed by atoms with E-state index < -0.39 is 6.10 Å². The maximum atomic E-state index is 13.1. The van der Waals surface area contributed by atoms with Crippen molar-refractivity contribution in [2.45, 2.75) is 71.6 Å². The number of nitrogens with zero attached hydrogens (tertiary/aromatic N) is 6. The van der Waals surface area contributed by atoms with Crippen molar-refractivity contribution in [1.29, 1.82) is 0 Å². The molecule has 3 aromatic rings. The third-order valence-electron chi connectivity index (χ3n) is 7.13. The van der Waals surface area contributed by atoms with E-state index in [0.29, 0.717) is 43.3 Å². The number of anilines is 1. The molecule has 10 nitrogen and oxygen atoms in total. The minimum atomic E-state index is -1.01. The normalized spacial score (nSPS) is 16.9. The summed E-state index contributed by atoms with van der Waals surface area (Å²) in [6.45, 7) is 9.12. The molecule has 10 heteroatoms. The number of carbonyl (C=O) groups is 2. The minimum absolute atomic E-state index is 0.0950. The number of hydrogen-bond acceptors (Lipinski definition) is 7. The fourth-order valence-corrected chi connectivity index (χ4v) is 5.13. The highest BCUT2D eigenvalue weighted by Gasteiger charge is 2.34. The van der Waals surface area contributed by atoms with Gasteiger partial charge in [-0.25, -0.2) is 4.98 Å². The number of aryl methyl sites for hydroxylation is 1. The summed E-state index contributed by atoms with van der Waals surface area (Å²) < 4.78 is 2.12. The molecule has 0 saturated heterocycles. The number of aliphatic hydroxyl groups excluding tert-OH is 1. The first kappa shape index (κ1) is 25.0. The Bertz CT molecular complexity index is 1350. The Labute approximate surface area is 216 Å². The Kier molecular flexibility index (Phi) is 6.53. The molecule has 2 aliphatic rings. The van der Waals surface area contributed by atoms with Gasteiger partial charge in [0.1, 0.15) is 29.1 Å². The Balaban J connectivity index is 1.31. The van der Waals surface area contributed by atoms with Gasteiger partial charge in [0.2, 0.25) is 0 Å². The standard InChI is InChI=1S/C27H33N7O3/c1-16(2)12-21(35)26(37)33-11-9-17-14-28-20(13-18(17)15-33)25(36)30-22-7-5-6-19(29-22)24-32-31-23-8-10-27(3,4)34(23)24/h5-7,13-14,16,21,35H,8-12,15H2,1-4H3,(H,29,30,36)/t21-/m0/s1. The van der Waals surface area contributed by atoms with Crippen molar-refractivity contribution in [1.82, 2.24) is 29.6 Å². The summed E-state index contributed by atoms with van der Waals surface area (Å²) in [5.41, 5.74) is 2.65.